The number of allylic oxidation sites excluding steroid dienone is 2. The fraction of sp³-hybridized carbons (Fsp3) is 0.714. The first kappa shape index (κ1) is 21.5. The molecular weight excluding hydrogens is 216 g/mol. The lowest BCUT2D eigenvalue weighted by Gasteiger charge is -2.05. The molecule has 0 aromatic carbocycles. The van der Waals surface area contributed by atoms with Crippen molar-refractivity contribution in [1.29, 1.82) is 0 Å². The number of hydrogen-bond donors (Lipinski definition) is 2. The van der Waals surface area contributed by atoms with Crippen LogP contribution in [0.15, 0.2) is 24.7 Å². The van der Waals surface area contributed by atoms with E-state index < -0.39 is 0 Å². The summed E-state index contributed by atoms with van der Waals surface area (Å²) in [5.41, 5.74) is 0. The van der Waals surface area contributed by atoms with Crippen molar-refractivity contribution in [2.24, 2.45) is 0 Å². The topological polar surface area (TPSA) is 49.7 Å². The normalized spacial score (nSPS) is 13.8. The van der Waals surface area contributed by atoms with E-state index in [1.807, 2.05) is 26.0 Å². The van der Waals surface area contributed by atoms with Crippen molar-refractivity contribution in [3.63, 3.8) is 0 Å². The Morgan fingerprint density at radius 3 is 1.06 bits per heavy atom. The monoisotopic (exact) mass is 246 g/mol. The SMILES string of the molecule is C/C=C\O/C=C\C.C1CCCCC1.CO.CO. The first-order valence-corrected chi connectivity index (χ1v) is 6.19. The fourth-order valence-corrected chi connectivity index (χ4v) is 1.26. The van der Waals surface area contributed by atoms with E-state index in [4.69, 9.17) is 14.9 Å². The van der Waals surface area contributed by atoms with Crippen LogP contribution < -0.4 is 0 Å². The van der Waals surface area contributed by atoms with Crippen molar-refractivity contribution >= 4 is 0 Å². The maximum absolute atomic E-state index is 7.00. The standard InChI is InChI=1S/C6H10O.C6H12.2CH4O/c1-3-5-7-6-4-2;1-2-4-6-5-3-1;2*1-2/h3-6H,1-2H3;1-6H2;2*2H,1H3/b5-3-,6-4-;;;. The van der Waals surface area contributed by atoms with Crippen LogP contribution in [0.3, 0.4) is 0 Å². The second-order valence-corrected chi connectivity index (χ2v) is 3.20. The molecule has 0 aliphatic heterocycles. The molecule has 1 aliphatic carbocycles. The van der Waals surface area contributed by atoms with E-state index in [0.29, 0.717) is 0 Å². The molecule has 1 fully saturated rings. The second-order valence-electron chi connectivity index (χ2n) is 3.20. The second kappa shape index (κ2) is 29.5. The molecule has 3 heteroatoms. The summed E-state index contributed by atoms with van der Waals surface area (Å²) >= 11 is 0. The third kappa shape index (κ3) is 31.3. The van der Waals surface area contributed by atoms with Gasteiger partial charge in [-0.05, 0) is 13.8 Å². The third-order valence-corrected chi connectivity index (χ3v) is 1.93. The summed E-state index contributed by atoms with van der Waals surface area (Å²) < 4.78 is 4.77. The van der Waals surface area contributed by atoms with Crippen molar-refractivity contribution in [2.45, 2.75) is 52.4 Å². The van der Waals surface area contributed by atoms with Gasteiger partial charge in [-0.2, -0.15) is 0 Å². The van der Waals surface area contributed by atoms with Gasteiger partial charge in [-0.25, -0.2) is 0 Å². The van der Waals surface area contributed by atoms with Crippen LogP contribution >= 0.6 is 0 Å². The van der Waals surface area contributed by atoms with Crippen molar-refractivity contribution in [2.75, 3.05) is 14.2 Å². The molecule has 0 bridgehead atoms. The lowest BCUT2D eigenvalue weighted by Crippen LogP contribution is -1.85. The van der Waals surface area contributed by atoms with Crippen LogP contribution in [0.5, 0.6) is 0 Å². The van der Waals surface area contributed by atoms with Gasteiger partial charge in [0, 0.05) is 14.2 Å². The molecule has 1 rings (SSSR count). The van der Waals surface area contributed by atoms with Gasteiger partial charge in [0.05, 0.1) is 12.5 Å². The van der Waals surface area contributed by atoms with Gasteiger partial charge in [0.15, 0.2) is 0 Å². The van der Waals surface area contributed by atoms with Crippen molar-refractivity contribution in [1.82, 2.24) is 0 Å². The molecule has 104 valence electrons. The largest absolute Gasteiger partial charge is 0.473 e. The van der Waals surface area contributed by atoms with Gasteiger partial charge in [-0.1, -0.05) is 50.7 Å². The predicted octanol–water partition coefficient (Wildman–Crippen LogP) is 3.63. The highest BCUT2D eigenvalue weighted by Crippen LogP contribution is 2.15. The zero-order valence-corrected chi connectivity index (χ0v) is 11.9. The lowest BCUT2D eigenvalue weighted by atomic mass is 10.0. The number of hydrogen-bond acceptors (Lipinski definition) is 3. The molecule has 0 unspecified atom stereocenters. The summed E-state index contributed by atoms with van der Waals surface area (Å²) in [7, 11) is 2.00. The Bertz CT molecular complexity index is 117. The quantitative estimate of drug-likeness (QED) is 0.731. The van der Waals surface area contributed by atoms with Crippen LogP contribution in [-0.2, 0) is 4.74 Å². The van der Waals surface area contributed by atoms with Gasteiger partial charge in [0.25, 0.3) is 0 Å². The Kier molecular flexibility index (Phi) is 37.2. The minimum Gasteiger partial charge on any atom is -0.473 e. The Balaban J connectivity index is -0.000000179. The minimum absolute atomic E-state index is 1.00. The molecule has 0 atom stereocenters. The smallest absolute Gasteiger partial charge is 0.0858 e. The molecule has 0 amide bonds. The van der Waals surface area contributed by atoms with Gasteiger partial charge >= 0.3 is 0 Å². The zero-order valence-electron chi connectivity index (χ0n) is 11.9. The number of aliphatic hydroxyl groups excluding tert-OH is 2. The molecule has 17 heavy (non-hydrogen) atoms. The van der Waals surface area contributed by atoms with Gasteiger partial charge in [-0.3, -0.25) is 0 Å². The number of ether oxygens (including phenoxy) is 1. The highest BCUT2D eigenvalue weighted by atomic mass is 16.5. The van der Waals surface area contributed by atoms with Crippen LogP contribution in [0.1, 0.15) is 52.4 Å². The highest BCUT2D eigenvalue weighted by molar-refractivity contribution is 4.73. The Labute approximate surface area is 107 Å². The summed E-state index contributed by atoms with van der Waals surface area (Å²) in [6.07, 6.45) is 15.9. The number of aliphatic hydroxyl groups is 2. The molecule has 1 aliphatic rings. The van der Waals surface area contributed by atoms with Crippen molar-refractivity contribution in [3.8, 4) is 0 Å². The van der Waals surface area contributed by atoms with E-state index in [0.717, 1.165) is 14.2 Å². The van der Waals surface area contributed by atoms with Crippen LogP contribution in [0.25, 0.3) is 0 Å². The Morgan fingerprint density at radius 1 is 0.647 bits per heavy atom. The average Bonchev–Trinajstić information content (AvgIpc) is 2.46. The average molecular weight is 246 g/mol. The van der Waals surface area contributed by atoms with Crippen LogP contribution in [0.4, 0.5) is 0 Å². The minimum atomic E-state index is 1.00. The Morgan fingerprint density at radius 2 is 0.882 bits per heavy atom. The fourth-order valence-electron chi connectivity index (χ4n) is 1.26. The zero-order chi connectivity index (χ0) is 13.8. The highest BCUT2D eigenvalue weighted by Gasteiger charge is 1.95. The molecule has 1 saturated carbocycles. The van der Waals surface area contributed by atoms with E-state index in [2.05, 4.69) is 0 Å². The third-order valence-electron chi connectivity index (χ3n) is 1.93. The van der Waals surface area contributed by atoms with Gasteiger partial charge in [-0.15, -0.1) is 0 Å². The maximum atomic E-state index is 7.00. The summed E-state index contributed by atoms with van der Waals surface area (Å²) in [5.74, 6) is 0. The van der Waals surface area contributed by atoms with E-state index in [9.17, 15) is 0 Å². The number of rotatable bonds is 2. The first-order chi connectivity index (χ1) is 8.41. The van der Waals surface area contributed by atoms with Gasteiger partial charge in [0.2, 0.25) is 0 Å². The van der Waals surface area contributed by atoms with E-state index in [1.165, 1.54) is 38.5 Å². The summed E-state index contributed by atoms with van der Waals surface area (Å²) in [6, 6.07) is 0. The summed E-state index contributed by atoms with van der Waals surface area (Å²) in [6.45, 7) is 3.81. The van der Waals surface area contributed by atoms with Crippen LogP contribution in [0, 0.1) is 0 Å². The summed E-state index contributed by atoms with van der Waals surface area (Å²) in [5, 5.41) is 14.0. The van der Waals surface area contributed by atoms with Crippen LogP contribution in [0.2, 0.25) is 0 Å². The molecule has 0 aromatic heterocycles. The maximum Gasteiger partial charge on any atom is 0.0858 e. The molecule has 0 spiro atoms. The molecule has 0 saturated heterocycles. The first-order valence-electron chi connectivity index (χ1n) is 6.19. The summed E-state index contributed by atoms with van der Waals surface area (Å²) in [4.78, 5) is 0. The molecule has 0 aromatic rings. The molecule has 3 nitrogen and oxygen atoms in total. The van der Waals surface area contributed by atoms with Crippen molar-refractivity contribution < 1.29 is 14.9 Å². The van der Waals surface area contributed by atoms with E-state index in [1.54, 1.807) is 12.5 Å². The Hall–Kier alpha value is -0.800. The molecule has 0 radical (unpaired) electrons. The molecular formula is C14H30O3. The van der Waals surface area contributed by atoms with Gasteiger partial charge < -0.3 is 14.9 Å². The molecule has 0 heterocycles. The van der Waals surface area contributed by atoms with E-state index >= 15 is 0 Å². The van der Waals surface area contributed by atoms with Gasteiger partial charge in [0.1, 0.15) is 0 Å². The van der Waals surface area contributed by atoms with Crippen LogP contribution in [-0.4, -0.2) is 24.4 Å². The predicted molar refractivity (Wildman–Crippen MR) is 74.7 cm³/mol. The lowest BCUT2D eigenvalue weighted by molar-refractivity contribution is 0.399. The van der Waals surface area contributed by atoms with Crippen molar-refractivity contribution in [3.05, 3.63) is 24.7 Å². The van der Waals surface area contributed by atoms with E-state index in [-0.39, 0.29) is 0 Å². The molecule has 2 N–H and O–H groups in total.